The fourth-order valence-electron chi connectivity index (χ4n) is 1.96. The lowest BCUT2D eigenvalue weighted by Gasteiger charge is -2.08. The average Bonchev–Trinajstić information content (AvgIpc) is 2.89. The van der Waals surface area contributed by atoms with Crippen LogP contribution in [0.15, 0.2) is 36.5 Å². The molecule has 0 aliphatic rings. The van der Waals surface area contributed by atoms with Crippen LogP contribution in [0.4, 0.5) is 0 Å². The third-order valence-electron chi connectivity index (χ3n) is 2.83. The molecule has 0 fully saturated rings. The molecule has 0 radical (unpaired) electrons. The molecule has 0 saturated heterocycles. The number of carbonyl (C=O) groups excluding carboxylic acids is 1. The van der Waals surface area contributed by atoms with Crippen molar-refractivity contribution in [2.24, 2.45) is 0 Å². The lowest BCUT2D eigenvalue weighted by Crippen LogP contribution is -2.25. The molecule has 5 heteroatoms. The Bertz CT molecular complexity index is 551. The minimum absolute atomic E-state index is 0.104. The zero-order chi connectivity index (χ0) is 13.7. The molecule has 0 aliphatic heterocycles. The van der Waals surface area contributed by atoms with E-state index in [1.165, 1.54) is 0 Å². The molecule has 4 nitrogen and oxygen atoms in total. The zero-order valence-electron chi connectivity index (χ0n) is 10.8. The highest BCUT2D eigenvalue weighted by Crippen LogP contribution is 2.23. The van der Waals surface area contributed by atoms with Crippen LogP contribution < -0.4 is 5.32 Å². The van der Waals surface area contributed by atoms with E-state index >= 15 is 0 Å². The molecule has 2 rings (SSSR count). The van der Waals surface area contributed by atoms with Gasteiger partial charge in [-0.15, -0.1) is 0 Å². The number of aromatic nitrogens is 2. The SMILES string of the molecule is CCn1ncc(C(=O)NCCS)c1-c1ccccc1. The Hall–Kier alpha value is -1.75. The van der Waals surface area contributed by atoms with E-state index in [2.05, 4.69) is 23.0 Å². The zero-order valence-corrected chi connectivity index (χ0v) is 11.7. The van der Waals surface area contributed by atoms with Crippen LogP contribution in [0, 0.1) is 0 Å². The van der Waals surface area contributed by atoms with Gasteiger partial charge in [0.15, 0.2) is 0 Å². The van der Waals surface area contributed by atoms with Crippen molar-refractivity contribution in [1.29, 1.82) is 0 Å². The van der Waals surface area contributed by atoms with E-state index in [0.717, 1.165) is 17.8 Å². The first-order valence-corrected chi connectivity index (χ1v) is 6.91. The highest BCUT2D eigenvalue weighted by atomic mass is 32.1. The van der Waals surface area contributed by atoms with Crippen molar-refractivity contribution in [2.75, 3.05) is 12.3 Å². The van der Waals surface area contributed by atoms with Gasteiger partial charge in [-0.3, -0.25) is 9.48 Å². The van der Waals surface area contributed by atoms with Crippen molar-refractivity contribution < 1.29 is 4.79 Å². The number of nitrogens with one attached hydrogen (secondary N) is 1. The van der Waals surface area contributed by atoms with Crippen LogP contribution in [-0.4, -0.2) is 28.0 Å². The predicted octanol–water partition coefficient (Wildman–Crippen LogP) is 2.23. The number of rotatable bonds is 5. The van der Waals surface area contributed by atoms with Crippen LogP contribution in [-0.2, 0) is 6.54 Å². The molecular weight excluding hydrogens is 258 g/mol. The van der Waals surface area contributed by atoms with Gasteiger partial charge in [-0.05, 0) is 6.92 Å². The first-order chi connectivity index (χ1) is 9.27. The van der Waals surface area contributed by atoms with Gasteiger partial charge in [0.05, 0.1) is 17.5 Å². The van der Waals surface area contributed by atoms with Crippen molar-refractivity contribution in [3.05, 3.63) is 42.1 Å². The van der Waals surface area contributed by atoms with Crippen LogP contribution in [0.2, 0.25) is 0 Å². The van der Waals surface area contributed by atoms with Crippen molar-refractivity contribution in [3.8, 4) is 11.3 Å². The Labute approximate surface area is 118 Å². The molecule has 1 amide bonds. The standard InChI is InChI=1S/C14H17N3OS/c1-2-17-13(11-6-4-3-5-7-11)12(10-16-17)14(18)15-8-9-19/h3-7,10,19H,2,8-9H2,1H3,(H,15,18). The van der Waals surface area contributed by atoms with E-state index in [-0.39, 0.29) is 5.91 Å². The molecule has 0 unspecified atom stereocenters. The summed E-state index contributed by atoms with van der Waals surface area (Å²) in [4.78, 5) is 12.1. The fourth-order valence-corrected chi connectivity index (χ4v) is 2.07. The normalized spacial score (nSPS) is 10.4. The van der Waals surface area contributed by atoms with Crippen molar-refractivity contribution in [1.82, 2.24) is 15.1 Å². The number of amides is 1. The second-order valence-corrected chi connectivity index (χ2v) is 4.52. The predicted molar refractivity (Wildman–Crippen MR) is 79.5 cm³/mol. The Kier molecular flexibility index (Phi) is 4.63. The highest BCUT2D eigenvalue weighted by molar-refractivity contribution is 7.80. The van der Waals surface area contributed by atoms with E-state index in [4.69, 9.17) is 0 Å². The quantitative estimate of drug-likeness (QED) is 0.822. The third-order valence-corrected chi connectivity index (χ3v) is 3.05. The second-order valence-electron chi connectivity index (χ2n) is 4.07. The number of aryl methyl sites for hydroxylation is 1. The fraction of sp³-hybridized carbons (Fsp3) is 0.286. The first-order valence-electron chi connectivity index (χ1n) is 6.28. The molecule has 0 atom stereocenters. The lowest BCUT2D eigenvalue weighted by molar-refractivity contribution is 0.0957. The summed E-state index contributed by atoms with van der Waals surface area (Å²) in [5.41, 5.74) is 2.47. The number of nitrogens with zero attached hydrogens (tertiary/aromatic N) is 2. The Morgan fingerprint density at radius 2 is 2.11 bits per heavy atom. The second kappa shape index (κ2) is 6.43. The molecule has 1 N–H and O–H groups in total. The Morgan fingerprint density at radius 1 is 1.37 bits per heavy atom. The maximum atomic E-state index is 12.1. The van der Waals surface area contributed by atoms with Crippen LogP contribution in [0.3, 0.4) is 0 Å². The van der Waals surface area contributed by atoms with Gasteiger partial charge in [-0.1, -0.05) is 30.3 Å². The average molecular weight is 275 g/mol. The largest absolute Gasteiger partial charge is 0.351 e. The van der Waals surface area contributed by atoms with Crippen molar-refractivity contribution in [3.63, 3.8) is 0 Å². The molecule has 0 spiro atoms. The van der Waals surface area contributed by atoms with Crippen molar-refractivity contribution >= 4 is 18.5 Å². The smallest absolute Gasteiger partial charge is 0.255 e. The number of benzene rings is 1. The summed E-state index contributed by atoms with van der Waals surface area (Å²) in [6, 6.07) is 9.84. The van der Waals surface area contributed by atoms with E-state index in [9.17, 15) is 4.79 Å². The molecule has 100 valence electrons. The minimum atomic E-state index is -0.104. The van der Waals surface area contributed by atoms with Gasteiger partial charge in [0, 0.05) is 24.4 Å². The molecule has 1 aromatic carbocycles. The number of thiol groups is 1. The molecular formula is C14H17N3OS. The van der Waals surface area contributed by atoms with E-state index in [1.807, 2.05) is 41.9 Å². The van der Waals surface area contributed by atoms with Crippen LogP contribution in [0.5, 0.6) is 0 Å². The lowest BCUT2D eigenvalue weighted by atomic mass is 10.1. The summed E-state index contributed by atoms with van der Waals surface area (Å²) in [7, 11) is 0. The summed E-state index contributed by atoms with van der Waals surface area (Å²) in [5, 5.41) is 7.10. The molecule has 1 aromatic heterocycles. The Morgan fingerprint density at radius 3 is 2.74 bits per heavy atom. The van der Waals surface area contributed by atoms with Gasteiger partial charge in [-0.25, -0.2) is 0 Å². The van der Waals surface area contributed by atoms with Crippen molar-refractivity contribution in [2.45, 2.75) is 13.5 Å². The van der Waals surface area contributed by atoms with E-state index < -0.39 is 0 Å². The summed E-state index contributed by atoms with van der Waals surface area (Å²) in [6.07, 6.45) is 1.62. The number of hydrogen-bond donors (Lipinski definition) is 2. The summed E-state index contributed by atoms with van der Waals surface area (Å²) >= 11 is 4.09. The van der Waals surface area contributed by atoms with Gasteiger partial charge >= 0.3 is 0 Å². The van der Waals surface area contributed by atoms with Gasteiger partial charge in [-0.2, -0.15) is 17.7 Å². The third kappa shape index (κ3) is 2.98. The van der Waals surface area contributed by atoms with Gasteiger partial charge in [0.1, 0.15) is 0 Å². The molecule has 19 heavy (non-hydrogen) atoms. The van der Waals surface area contributed by atoms with Crippen LogP contribution in [0.1, 0.15) is 17.3 Å². The van der Waals surface area contributed by atoms with Gasteiger partial charge < -0.3 is 5.32 Å². The Balaban J connectivity index is 2.40. The highest BCUT2D eigenvalue weighted by Gasteiger charge is 2.17. The molecule has 0 bridgehead atoms. The minimum Gasteiger partial charge on any atom is -0.351 e. The van der Waals surface area contributed by atoms with Crippen LogP contribution in [0.25, 0.3) is 11.3 Å². The van der Waals surface area contributed by atoms with E-state index in [0.29, 0.717) is 17.9 Å². The molecule has 0 saturated carbocycles. The van der Waals surface area contributed by atoms with Gasteiger partial charge in [0.25, 0.3) is 5.91 Å². The van der Waals surface area contributed by atoms with E-state index in [1.54, 1.807) is 6.20 Å². The summed E-state index contributed by atoms with van der Waals surface area (Å²) in [5.74, 6) is 0.515. The number of carbonyl (C=O) groups is 1. The summed E-state index contributed by atoms with van der Waals surface area (Å²) in [6.45, 7) is 3.28. The molecule has 2 aromatic rings. The maximum Gasteiger partial charge on any atom is 0.255 e. The first kappa shape index (κ1) is 13.7. The van der Waals surface area contributed by atoms with Crippen LogP contribution >= 0.6 is 12.6 Å². The molecule has 0 aliphatic carbocycles. The maximum absolute atomic E-state index is 12.1. The van der Waals surface area contributed by atoms with Gasteiger partial charge in [0.2, 0.25) is 0 Å². The number of hydrogen-bond acceptors (Lipinski definition) is 3. The summed E-state index contributed by atoms with van der Waals surface area (Å²) < 4.78 is 1.84. The monoisotopic (exact) mass is 275 g/mol. The molecule has 1 heterocycles. The topological polar surface area (TPSA) is 46.9 Å².